The second-order valence-electron chi connectivity index (χ2n) is 6.17. The highest BCUT2D eigenvalue weighted by Crippen LogP contribution is 2.22. The van der Waals surface area contributed by atoms with Gasteiger partial charge in [-0.3, -0.25) is 15.3 Å². The maximum atomic E-state index is 13.3. The highest BCUT2D eigenvalue weighted by atomic mass is 79.9. The fraction of sp³-hybridized carbons (Fsp3) is 0.294. The average molecular weight is 437 g/mol. The second-order valence-corrected chi connectivity index (χ2v) is 7.03. The van der Waals surface area contributed by atoms with E-state index in [0.29, 0.717) is 37.3 Å². The molecule has 0 bridgehead atoms. The number of Topliss-reactive ketones (excluding diaryl/α,β-unsaturated/α-hetero) is 1. The molecule has 0 radical (unpaired) electrons. The lowest BCUT2D eigenvalue weighted by Gasteiger charge is -2.31. The third-order valence-corrected chi connectivity index (χ3v) is 4.95. The number of nitrogens with one attached hydrogen (secondary N) is 4. The number of ketones is 1. The van der Waals surface area contributed by atoms with Crippen molar-refractivity contribution in [1.82, 2.24) is 15.1 Å². The van der Waals surface area contributed by atoms with Gasteiger partial charge in [0, 0.05) is 30.9 Å². The molecule has 0 unspecified atom stereocenters. The Kier molecular flexibility index (Phi) is 5.84. The van der Waals surface area contributed by atoms with Crippen molar-refractivity contribution in [2.45, 2.75) is 12.8 Å². The van der Waals surface area contributed by atoms with E-state index in [1.54, 1.807) is 11.1 Å². The molecule has 8 nitrogen and oxygen atoms in total. The van der Waals surface area contributed by atoms with Gasteiger partial charge in [0.2, 0.25) is 5.78 Å². The highest BCUT2D eigenvalue weighted by Gasteiger charge is 2.29. The van der Waals surface area contributed by atoms with Crippen LogP contribution in [-0.2, 0) is 4.79 Å². The monoisotopic (exact) mass is 436 g/mol. The van der Waals surface area contributed by atoms with Crippen molar-refractivity contribution in [2.24, 2.45) is 5.92 Å². The first-order valence-electron chi connectivity index (χ1n) is 8.33. The number of likely N-dealkylation sites (tertiary alicyclic amines) is 1. The summed E-state index contributed by atoms with van der Waals surface area (Å²) in [5.74, 6) is -1.30. The molecule has 1 saturated heterocycles. The molecule has 2 amide bonds. The van der Waals surface area contributed by atoms with Crippen molar-refractivity contribution in [3.05, 3.63) is 40.9 Å². The molecule has 1 aliphatic rings. The maximum absolute atomic E-state index is 13.3. The van der Waals surface area contributed by atoms with Crippen LogP contribution in [0.5, 0.6) is 0 Å². The number of benzene rings is 1. The van der Waals surface area contributed by atoms with E-state index in [-0.39, 0.29) is 28.0 Å². The number of rotatable bonds is 4. The summed E-state index contributed by atoms with van der Waals surface area (Å²) in [5, 5.41) is 19.8. The van der Waals surface area contributed by atoms with Gasteiger partial charge in [-0.1, -0.05) is 0 Å². The minimum atomic E-state index is -0.417. The Hall–Kier alpha value is -2.75. The number of carbonyl (C=O) groups excluding carboxylic acids is 2. The molecular formula is C17H18BrFN6O2. The average Bonchev–Trinajstić information content (AvgIpc) is 3.17. The normalized spacial score (nSPS) is 14.7. The lowest BCUT2D eigenvalue weighted by molar-refractivity contribution is -0.117. The number of hydrogen-bond donors (Lipinski definition) is 4. The smallest absolute Gasteiger partial charge is 0.321 e. The van der Waals surface area contributed by atoms with Crippen molar-refractivity contribution >= 4 is 45.0 Å². The Labute approximate surface area is 163 Å². The molecule has 0 spiro atoms. The molecule has 1 fully saturated rings. The van der Waals surface area contributed by atoms with E-state index in [9.17, 15) is 14.0 Å². The van der Waals surface area contributed by atoms with E-state index >= 15 is 0 Å². The molecule has 2 heterocycles. The zero-order valence-electron chi connectivity index (χ0n) is 14.3. The van der Waals surface area contributed by atoms with Gasteiger partial charge in [-0.25, -0.2) is 9.18 Å². The van der Waals surface area contributed by atoms with Crippen molar-refractivity contribution in [3.63, 3.8) is 0 Å². The first-order chi connectivity index (χ1) is 12.9. The summed E-state index contributed by atoms with van der Waals surface area (Å²) in [5.41, 5.74) is 1.04. The van der Waals surface area contributed by atoms with E-state index in [1.165, 1.54) is 24.4 Å². The third-order valence-electron chi connectivity index (χ3n) is 4.34. The quantitative estimate of drug-likeness (QED) is 0.435. The lowest BCUT2D eigenvalue weighted by atomic mass is 9.92. The van der Waals surface area contributed by atoms with Crippen molar-refractivity contribution in [1.29, 1.82) is 5.41 Å². The topological polar surface area (TPSA) is 114 Å². The van der Waals surface area contributed by atoms with E-state index in [1.807, 2.05) is 0 Å². The van der Waals surface area contributed by atoms with Gasteiger partial charge in [-0.15, -0.1) is 0 Å². The Balaban J connectivity index is 1.50. The van der Waals surface area contributed by atoms with Crippen LogP contribution >= 0.6 is 15.9 Å². The summed E-state index contributed by atoms with van der Waals surface area (Å²) in [4.78, 5) is 26.3. The van der Waals surface area contributed by atoms with Crippen LogP contribution in [0.2, 0.25) is 0 Å². The van der Waals surface area contributed by atoms with Gasteiger partial charge < -0.3 is 15.5 Å². The molecule has 142 valence electrons. The first-order valence-corrected chi connectivity index (χ1v) is 9.13. The maximum Gasteiger partial charge on any atom is 0.321 e. The minimum absolute atomic E-state index is 0.241. The van der Waals surface area contributed by atoms with Crippen LogP contribution in [0.15, 0.2) is 35.1 Å². The number of amides is 2. The zero-order chi connectivity index (χ0) is 19.4. The van der Waals surface area contributed by atoms with Crippen LogP contribution in [-0.4, -0.2) is 45.8 Å². The minimum Gasteiger partial charge on any atom is -0.338 e. The number of aromatic amines is 1. The number of urea groups is 1. The Bertz CT molecular complexity index is 849. The Morgan fingerprint density at radius 2 is 2.00 bits per heavy atom. The largest absolute Gasteiger partial charge is 0.338 e. The van der Waals surface area contributed by atoms with Gasteiger partial charge in [-0.05, 0) is 47.0 Å². The van der Waals surface area contributed by atoms with Crippen LogP contribution in [0.4, 0.5) is 20.6 Å². The number of halogens is 2. The van der Waals surface area contributed by atoms with E-state index < -0.39 is 5.82 Å². The molecule has 0 aliphatic carbocycles. The number of carbonyl (C=O) groups is 2. The Morgan fingerprint density at radius 3 is 2.63 bits per heavy atom. The van der Waals surface area contributed by atoms with Crippen molar-refractivity contribution < 1.29 is 14.0 Å². The number of H-pyrrole nitrogens is 1. The summed E-state index contributed by atoms with van der Waals surface area (Å²) in [6, 6.07) is 3.94. The summed E-state index contributed by atoms with van der Waals surface area (Å²) in [6.45, 7) is 0.852. The summed E-state index contributed by atoms with van der Waals surface area (Å²) in [6.07, 6.45) is 4.05. The van der Waals surface area contributed by atoms with Gasteiger partial charge in [0.05, 0.1) is 16.4 Å². The van der Waals surface area contributed by atoms with Crippen molar-refractivity contribution in [2.75, 3.05) is 23.7 Å². The number of hydrogen-bond acceptors (Lipinski definition) is 4. The molecule has 0 saturated carbocycles. The van der Waals surface area contributed by atoms with Crippen LogP contribution in [0.3, 0.4) is 0 Å². The van der Waals surface area contributed by atoms with Crippen LogP contribution in [0, 0.1) is 17.1 Å². The van der Waals surface area contributed by atoms with Gasteiger partial charge in [-0.2, -0.15) is 5.10 Å². The highest BCUT2D eigenvalue weighted by molar-refractivity contribution is 9.10. The standard InChI is InChI=1S/C17H18BrFN6O2/c18-13-7-11(1-2-14(13)19)23-16(20)15(26)10-3-5-25(6-4-10)17(27)24-12-8-21-22-9-12/h1-2,7-10H,3-6H2,(H2,20,23)(H,21,22)(H,24,27). The molecule has 27 heavy (non-hydrogen) atoms. The van der Waals surface area contributed by atoms with Crippen LogP contribution < -0.4 is 10.6 Å². The summed E-state index contributed by atoms with van der Waals surface area (Å²) >= 11 is 3.07. The van der Waals surface area contributed by atoms with E-state index in [2.05, 4.69) is 36.8 Å². The zero-order valence-corrected chi connectivity index (χ0v) is 15.8. The van der Waals surface area contributed by atoms with Crippen LogP contribution in [0.25, 0.3) is 0 Å². The number of nitrogens with zero attached hydrogens (tertiary/aromatic N) is 2. The van der Waals surface area contributed by atoms with Crippen molar-refractivity contribution in [3.8, 4) is 0 Å². The van der Waals surface area contributed by atoms with Gasteiger partial charge >= 0.3 is 6.03 Å². The SMILES string of the molecule is N=C(Nc1ccc(F)c(Br)c1)C(=O)C1CCN(C(=O)Nc2cn[nH]c2)CC1. The van der Waals surface area contributed by atoms with Gasteiger partial charge in [0.15, 0.2) is 5.84 Å². The number of piperidine rings is 1. The first kappa shape index (κ1) is 19.0. The predicted molar refractivity (Wildman–Crippen MR) is 102 cm³/mol. The summed E-state index contributed by atoms with van der Waals surface area (Å²) < 4.78 is 13.5. The molecule has 10 heteroatoms. The Morgan fingerprint density at radius 1 is 1.26 bits per heavy atom. The van der Waals surface area contributed by atoms with Gasteiger partial charge in [0.1, 0.15) is 5.82 Å². The molecular weight excluding hydrogens is 419 g/mol. The molecule has 1 aliphatic heterocycles. The molecule has 1 aromatic heterocycles. The predicted octanol–water partition coefficient (Wildman–Crippen LogP) is 3.21. The fourth-order valence-corrected chi connectivity index (χ4v) is 3.23. The molecule has 2 aromatic rings. The van der Waals surface area contributed by atoms with E-state index in [0.717, 1.165) is 0 Å². The number of aromatic nitrogens is 2. The fourth-order valence-electron chi connectivity index (χ4n) is 2.85. The second kappa shape index (κ2) is 8.30. The third kappa shape index (κ3) is 4.70. The molecule has 1 aromatic carbocycles. The number of amidine groups is 1. The number of anilines is 2. The van der Waals surface area contributed by atoms with E-state index in [4.69, 9.17) is 5.41 Å². The molecule has 3 rings (SSSR count). The lowest BCUT2D eigenvalue weighted by Crippen LogP contribution is -2.44. The molecule has 0 atom stereocenters. The van der Waals surface area contributed by atoms with Gasteiger partial charge in [0.25, 0.3) is 0 Å². The summed E-state index contributed by atoms with van der Waals surface area (Å²) in [7, 11) is 0. The molecule has 4 N–H and O–H groups in total. The van der Waals surface area contributed by atoms with Crippen LogP contribution in [0.1, 0.15) is 12.8 Å².